The highest BCUT2D eigenvalue weighted by molar-refractivity contribution is 6.09. The van der Waals surface area contributed by atoms with Gasteiger partial charge in [-0.1, -0.05) is 62.4 Å². The van der Waals surface area contributed by atoms with E-state index in [0.717, 1.165) is 39.1 Å². The zero-order valence-corrected chi connectivity index (χ0v) is 22.3. The molecule has 0 atom stereocenters. The van der Waals surface area contributed by atoms with Gasteiger partial charge in [-0.3, -0.25) is 4.90 Å². The van der Waals surface area contributed by atoms with Crippen LogP contribution in [0.2, 0.25) is 0 Å². The van der Waals surface area contributed by atoms with Crippen molar-refractivity contribution in [1.29, 1.82) is 0 Å². The SMILES string of the molecule is C=Cc1ccc2c(c1)c1cc3ccc1n2CCCn1c2ccccc2c2cc(ccc21)CN(CCCC)C3. The molecule has 4 aliphatic heterocycles. The quantitative estimate of drug-likeness (QED) is 0.237. The fourth-order valence-electron chi connectivity index (χ4n) is 6.57. The third kappa shape index (κ3) is 3.85. The predicted molar refractivity (Wildman–Crippen MR) is 163 cm³/mol. The standard InChI is InChI=1S/C35H35N3/c1-3-5-17-36-23-26-12-15-33-29(21-26)28-9-6-7-10-32(28)37(33)18-8-19-38-34-14-11-25(4-2)20-30(34)31-22-27(24-36)13-16-35(31)38/h4,6-7,9-16,20-22H,2-3,5,8,17-19,23-24H2,1H3. The van der Waals surface area contributed by atoms with Crippen LogP contribution in [-0.4, -0.2) is 20.6 Å². The summed E-state index contributed by atoms with van der Waals surface area (Å²) in [5, 5.41) is 5.45. The number of hydrogen-bond donors (Lipinski definition) is 0. The molecular weight excluding hydrogens is 462 g/mol. The van der Waals surface area contributed by atoms with Crippen molar-refractivity contribution in [3.8, 4) is 0 Å². The highest BCUT2D eigenvalue weighted by Gasteiger charge is 2.16. The van der Waals surface area contributed by atoms with Gasteiger partial charge in [-0.15, -0.1) is 0 Å². The Hall–Kier alpha value is -3.82. The van der Waals surface area contributed by atoms with Crippen molar-refractivity contribution in [3.63, 3.8) is 0 Å². The van der Waals surface area contributed by atoms with Gasteiger partial charge in [-0.25, -0.2) is 0 Å². The van der Waals surface area contributed by atoms with Crippen molar-refractivity contribution in [1.82, 2.24) is 14.0 Å². The Morgan fingerprint density at radius 1 is 0.684 bits per heavy atom. The van der Waals surface area contributed by atoms with Crippen LogP contribution in [-0.2, 0) is 26.2 Å². The second kappa shape index (κ2) is 9.49. The Morgan fingerprint density at radius 3 is 1.92 bits per heavy atom. The van der Waals surface area contributed by atoms with Crippen LogP contribution < -0.4 is 0 Å². The summed E-state index contributed by atoms with van der Waals surface area (Å²) in [7, 11) is 0. The molecule has 2 aromatic heterocycles. The van der Waals surface area contributed by atoms with Gasteiger partial charge in [-0.2, -0.15) is 0 Å². The molecule has 6 heterocycles. The molecule has 10 rings (SSSR count). The number of hydrogen-bond acceptors (Lipinski definition) is 1. The molecule has 190 valence electrons. The fraction of sp³-hybridized carbons (Fsp3) is 0.257. The van der Waals surface area contributed by atoms with Crippen molar-refractivity contribution in [2.45, 2.75) is 52.4 Å². The lowest BCUT2D eigenvalue weighted by molar-refractivity contribution is 0.253. The van der Waals surface area contributed by atoms with Crippen LogP contribution in [0.15, 0.2) is 85.4 Å². The maximum atomic E-state index is 4.03. The molecule has 0 spiro atoms. The molecule has 0 N–H and O–H groups in total. The van der Waals surface area contributed by atoms with Crippen LogP contribution >= 0.6 is 0 Å². The normalized spacial score (nSPS) is 14.8. The molecule has 6 aromatic rings. The third-order valence-corrected chi connectivity index (χ3v) is 8.43. The van der Waals surface area contributed by atoms with Gasteiger partial charge in [-0.05, 0) is 78.5 Å². The second-order valence-corrected chi connectivity index (χ2v) is 10.9. The topological polar surface area (TPSA) is 13.1 Å². The molecule has 4 aromatic carbocycles. The van der Waals surface area contributed by atoms with Crippen LogP contribution in [0.4, 0.5) is 0 Å². The van der Waals surface area contributed by atoms with Crippen LogP contribution in [0.25, 0.3) is 49.7 Å². The largest absolute Gasteiger partial charge is 0.340 e. The number of fused-ring (bicyclic) bond motifs is 2. The zero-order valence-electron chi connectivity index (χ0n) is 22.3. The van der Waals surface area contributed by atoms with Crippen LogP contribution in [0, 0.1) is 0 Å². The molecule has 0 amide bonds. The molecule has 0 radical (unpaired) electrons. The maximum absolute atomic E-state index is 4.03. The number of benzene rings is 4. The molecule has 3 heteroatoms. The van der Waals surface area contributed by atoms with Gasteiger partial charge < -0.3 is 9.13 Å². The van der Waals surface area contributed by atoms with E-state index < -0.39 is 0 Å². The highest BCUT2D eigenvalue weighted by atomic mass is 15.1. The van der Waals surface area contributed by atoms with E-state index in [4.69, 9.17) is 0 Å². The monoisotopic (exact) mass is 497 g/mol. The molecule has 3 nitrogen and oxygen atoms in total. The number of unbranched alkanes of at least 4 members (excludes halogenated alkanes) is 1. The van der Waals surface area contributed by atoms with Crippen molar-refractivity contribution in [2.75, 3.05) is 6.54 Å². The minimum absolute atomic E-state index is 0.962. The number of aromatic nitrogens is 2. The van der Waals surface area contributed by atoms with Gasteiger partial charge in [0.25, 0.3) is 0 Å². The Morgan fingerprint density at radius 2 is 1.26 bits per heavy atom. The highest BCUT2D eigenvalue weighted by Crippen LogP contribution is 2.34. The minimum Gasteiger partial charge on any atom is -0.340 e. The average molecular weight is 498 g/mol. The maximum Gasteiger partial charge on any atom is 0.0491 e. The number of para-hydroxylation sites is 1. The van der Waals surface area contributed by atoms with E-state index >= 15 is 0 Å². The average Bonchev–Trinajstić information content (AvgIpc) is 3.43. The molecule has 0 saturated carbocycles. The first-order valence-electron chi connectivity index (χ1n) is 14.1. The first-order chi connectivity index (χ1) is 18.7. The third-order valence-electron chi connectivity index (χ3n) is 8.43. The minimum atomic E-state index is 0.962. The summed E-state index contributed by atoms with van der Waals surface area (Å²) < 4.78 is 5.07. The summed E-state index contributed by atoms with van der Waals surface area (Å²) in [6.45, 7) is 11.3. The lowest BCUT2D eigenvalue weighted by atomic mass is 10.1. The van der Waals surface area contributed by atoms with Crippen molar-refractivity contribution in [3.05, 3.63) is 102 Å². The first-order valence-corrected chi connectivity index (χ1v) is 14.1. The second-order valence-electron chi connectivity index (χ2n) is 10.9. The molecule has 0 unspecified atom stereocenters. The summed E-state index contributed by atoms with van der Waals surface area (Å²) in [5.41, 5.74) is 9.32. The summed E-state index contributed by atoms with van der Waals surface area (Å²) in [5.74, 6) is 0. The Kier molecular flexibility index (Phi) is 5.82. The Balaban J connectivity index is 1.43. The van der Waals surface area contributed by atoms with Gasteiger partial charge in [0.1, 0.15) is 0 Å². The van der Waals surface area contributed by atoms with E-state index in [-0.39, 0.29) is 0 Å². The summed E-state index contributed by atoms with van der Waals surface area (Å²) in [6.07, 6.45) is 5.46. The van der Waals surface area contributed by atoms with Crippen molar-refractivity contribution in [2.24, 2.45) is 0 Å². The smallest absolute Gasteiger partial charge is 0.0491 e. The van der Waals surface area contributed by atoms with Crippen LogP contribution in [0.5, 0.6) is 0 Å². The molecule has 0 fully saturated rings. The van der Waals surface area contributed by atoms with Gasteiger partial charge in [0.15, 0.2) is 0 Å². The van der Waals surface area contributed by atoms with E-state index in [0.29, 0.717) is 0 Å². The van der Waals surface area contributed by atoms with Crippen molar-refractivity contribution < 1.29 is 0 Å². The Bertz CT molecular complexity index is 1820. The molecule has 0 aliphatic carbocycles. The van der Waals surface area contributed by atoms with Gasteiger partial charge >= 0.3 is 0 Å². The first kappa shape index (κ1) is 23.3. The van der Waals surface area contributed by atoms with Gasteiger partial charge in [0.2, 0.25) is 0 Å². The molecule has 38 heavy (non-hydrogen) atoms. The van der Waals surface area contributed by atoms with Gasteiger partial charge in [0.05, 0.1) is 0 Å². The van der Waals surface area contributed by atoms with E-state index in [1.165, 1.54) is 73.1 Å². The fourth-order valence-corrected chi connectivity index (χ4v) is 6.57. The zero-order chi connectivity index (χ0) is 25.6. The molecular formula is C35H35N3. The van der Waals surface area contributed by atoms with E-state index in [2.05, 4.69) is 106 Å². The lowest BCUT2D eigenvalue weighted by Gasteiger charge is -2.23. The molecule has 4 aliphatic rings. The summed E-state index contributed by atoms with van der Waals surface area (Å²) in [4.78, 5) is 2.63. The van der Waals surface area contributed by atoms with Crippen LogP contribution in [0.1, 0.15) is 42.9 Å². The van der Waals surface area contributed by atoms with Crippen LogP contribution in [0.3, 0.4) is 0 Å². The molecule has 8 bridgehead atoms. The van der Waals surface area contributed by atoms with E-state index in [1.54, 1.807) is 0 Å². The number of rotatable bonds is 4. The van der Waals surface area contributed by atoms with Crippen molar-refractivity contribution >= 4 is 49.7 Å². The summed E-state index contributed by atoms with van der Waals surface area (Å²) >= 11 is 0. The Labute approximate surface area is 224 Å². The number of nitrogens with zero attached hydrogens (tertiary/aromatic N) is 3. The lowest BCUT2D eigenvalue weighted by Crippen LogP contribution is -2.24. The number of aryl methyl sites for hydroxylation is 2. The molecule has 0 saturated heterocycles. The summed E-state index contributed by atoms with van der Waals surface area (Å²) in [6, 6.07) is 30.1. The van der Waals surface area contributed by atoms with E-state index in [1.807, 2.05) is 6.08 Å². The predicted octanol–water partition coefficient (Wildman–Crippen LogP) is 8.75. The van der Waals surface area contributed by atoms with E-state index in [9.17, 15) is 0 Å². The van der Waals surface area contributed by atoms with Gasteiger partial charge in [0, 0.05) is 69.8 Å².